The average Bonchev–Trinajstić information content (AvgIpc) is 2.92. The van der Waals surface area contributed by atoms with Crippen LogP contribution in [-0.4, -0.2) is 40.9 Å². The Morgan fingerprint density at radius 2 is 2.14 bits per heavy atom. The Hall–Kier alpha value is -1.76. The molecule has 0 spiro atoms. The van der Waals surface area contributed by atoms with E-state index in [1.165, 1.54) is 0 Å². The SMILES string of the molecule is CCN1C=CCN1C(C)c1cnc(OCC(F)(F)F)c(C)c1. The highest BCUT2D eigenvalue weighted by Crippen LogP contribution is 2.27. The average molecular weight is 315 g/mol. The van der Waals surface area contributed by atoms with Crippen LogP contribution in [0.5, 0.6) is 5.88 Å². The summed E-state index contributed by atoms with van der Waals surface area (Å²) in [7, 11) is 0. The smallest absolute Gasteiger partial charge is 0.422 e. The van der Waals surface area contributed by atoms with Crippen LogP contribution in [0.3, 0.4) is 0 Å². The first-order chi connectivity index (χ1) is 10.3. The number of aryl methyl sites for hydroxylation is 1. The maximum atomic E-state index is 12.2. The number of ether oxygens (including phenoxy) is 1. The van der Waals surface area contributed by atoms with Gasteiger partial charge in [0, 0.05) is 31.0 Å². The van der Waals surface area contributed by atoms with Gasteiger partial charge in [-0.05, 0) is 32.4 Å². The van der Waals surface area contributed by atoms with Crippen molar-refractivity contribution in [3.63, 3.8) is 0 Å². The Morgan fingerprint density at radius 1 is 1.41 bits per heavy atom. The fourth-order valence-electron chi connectivity index (χ4n) is 2.42. The number of hydrazine groups is 1. The van der Waals surface area contributed by atoms with Crippen molar-refractivity contribution >= 4 is 0 Å². The number of rotatable bonds is 5. The van der Waals surface area contributed by atoms with Crippen LogP contribution in [0, 0.1) is 6.92 Å². The standard InChI is InChI=1S/C15H20F3N3O/c1-4-20-6-5-7-21(20)12(3)13-8-11(2)14(19-9-13)22-10-15(16,17)18/h5-6,8-9,12H,4,7,10H2,1-3H3. The molecule has 0 N–H and O–H groups in total. The van der Waals surface area contributed by atoms with E-state index in [1.54, 1.807) is 13.1 Å². The minimum absolute atomic E-state index is 0.0279. The predicted octanol–water partition coefficient (Wildman–Crippen LogP) is 3.46. The van der Waals surface area contributed by atoms with Crippen molar-refractivity contribution in [2.75, 3.05) is 19.7 Å². The van der Waals surface area contributed by atoms with Crippen molar-refractivity contribution in [3.8, 4) is 5.88 Å². The minimum atomic E-state index is -4.36. The highest BCUT2D eigenvalue weighted by atomic mass is 19.4. The fourth-order valence-corrected chi connectivity index (χ4v) is 2.42. The van der Waals surface area contributed by atoms with Crippen molar-refractivity contribution in [2.45, 2.75) is 33.0 Å². The molecule has 1 unspecified atom stereocenters. The number of aromatic nitrogens is 1. The molecule has 0 bridgehead atoms. The molecule has 7 heteroatoms. The summed E-state index contributed by atoms with van der Waals surface area (Å²) >= 11 is 0. The molecule has 0 aromatic carbocycles. The molecular formula is C15H20F3N3O. The molecular weight excluding hydrogens is 295 g/mol. The number of halogens is 3. The van der Waals surface area contributed by atoms with Gasteiger partial charge in [-0.1, -0.05) is 6.08 Å². The lowest BCUT2D eigenvalue weighted by atomic mass is 10.1. The lowest BCUT2D eigenvalue weighted by molar-refractivity contribution is -0.154. The summed E-state index contributed by atoms with van der Waals surface area (Å²) < 4.78 is 41.3. The topological polar surface area (TPSA) is 28.6 Å². The van der Waals surface area contributed by atoms with Crippen LogP contribution < -0.4 is 4.74 Å². The molecule has 1 aliphatic heterocycles. The van der Waals surface area contributed by atoms with E-state index in [4.69, 9.17) is 4.74 Å². The lowest BCUT2D eigenvalue weighted by Crippen LogP contribution is -2.37. The Labute approximate surface area is 128 Å². The lowest BCUT2D eigenvalue weighted by Gasteiger charge is -2.33. The van der Waals surface area contributed by atoms with Gasteiger partial charge < -0.3 is 9.75 Å². The molecule has 0 amide bonds. The number of alkyl halides is 3. The Bertz CT molecular complexity index is 545. The van der Waals surface area contributed by atoms with E-state index in [1.807, 2.05) is 19.2 Å². The van der Waals surface area contributed by atoms with Crippen molar-refractivity contribution in [1.82, 2.24) is 15.0 Å². The number of hydrogen-bond donors (Lipinski definition) is 0. The van der Waals surface area contributed by atoms with E-state index in [0.29, 0.717) is 5.56 Å². The normalized spacial score (nSPS) is 17.1. The summed E-state index contributed by atoms with van der Waals surface area (Å²) in [4.78, 5) is 4.04. The van der Waals surface area contributed by atoms with Crippen molar-refractivity contribution in [3.05, 3.63) is 35.7 Å². The van der Waals surface area contributed by atoms with Crippen molar-refractivity contribution in [2.24, 2.45) is 0 Å². The van der Waals surface area contributed by atoms with E-state index in [9.17, 15) is 13.2 Å². The quantitative estimate of drug-likeness (QED) is 0.832. The second kappa shape index (κ2) is 6.56. The van der Waals surface area contributed by atoms with Crippen LogP contribution in [0.4, 0.5) is 13.2 Å². The van der Waals surface area contributed by atoms with Gasteiger partial charge in [-0.15, -0.1) is 0 Å². The van der Waals surface area contributed by atoms with E-state index in [2.05, 4.69) is 28.0 Å². The molecule has 22 heavy (non-hydrogen) atoms. The van der Waals surface area contributed by atoms with Crippen LogP contribution >= 0.6 is 0 Å². The molecule has 1 aromatic rings. The molecule has 0 fully saturated rings. The first kappa shape index (κ1) is 16.6. The minimum Gasteiger partial charge on any atom is -0.468 e. The zero-order valence-electron chi connectivity index (χ0n) is 12.9. The Balaban J connectivity index is 2.08. The highest BCUT2D eigenvalue weighted by molar-refractivity contribution is 5.30. The van der Waals surface area contributed by atoms with E-state index in [-0.39, 0.29) is 11.9 Å². The molecule has 0 aliphatic carbocycles. The summed E-state index contributed by atoms with van der Waals surface area (Å²) in [5, 5.41) is 4.28. The van der Waals surface area contributed by atoms with Gasteiger partial charge in [-0.25, -0.2) is 9.99 Å². The maximum absolute atomic E-state index is 12.2. The predicted molar refractivity (Wildman–Crippen MR) is 77.2 cm³/mol. The third kappa shape index (κ3) is 3.91. The van der Waals surface area contributed by atoms with Gasteiger partial charge in [0.05, 0.1) is 6.04 Å². The van der Waals surface area contributed by atoms with Gasteiger partial charge in [0.2, 0.25) is 5.88 Å². The van der Waals surface area contributed by atoms with Gasteiger partial charge in [-0.2, -0.15) is 13.2 Å². The summed E-state index contributed by atoms with van der Waals surface area (Å²) in [6, 6.07) is 1.91. The fraction of sp³-hybridized carbons (Fsp3) is 0.533. The molecule has 2 rings (SSSR count). The molecule has 122 valence electrons. The first-order valence-corrected chi connectivity index (χ1v) is 7.17. The number of pyridine rings is 1. The van der Waals surface area contributed by atoms with Gasteiger partial charge >= 0.3 is 6.18 Å². The third-order valence-corrected chi connectivity index (χ3v) is 3.58. The largest absolute Gasteiger partial charge is 0.468 e. The number of nitrogens with zero attached hydrogens (tertiary/aromatic N) is 3. The summed E-state index contributed by atoms with van der Waals surface area (Å²) in [5.74, 6) is 0.0279. The summed E-state index contributed by atoms with van der Waals surface area (Å²) in [6.45, 7) is 6.15. The Kier molecular flexibility index (Phi) is 4.95. The Morgan fingerprint density at radius 3 is 2.73 bits per heavy atom. The van der Waals surface area contributed by atoms with E-state index in [0.717, 1.165) is 18.7 Å². The van der Waals surface area contributed by atoms with Crippen molar-refractivity contribution < 1.29 is 17.9 Å². The monoisotopic (exact) mass is 315 g/mol. The van der Waals surface area contributed by atoms with E-state index >= 15 is 0 Å². The third-order valence-electron chi connectivity index (χ3n) is 3.58. The zero-order chi connectivity index (χ0) is 16.3. The van der Waals surface area contributed by atoms with Crippen LogP contribution in [-0.2, 0) is 0 Å². The molecule has 0 radical (unpaired) electrons. The van der Waals surface area contributed by atoms with Gasteiger partial charge in [0.15, 0.2) is 6.61 Å². The van der Waals surface area contributed by atoms with Gasteiger partial charge in [-0.3, -0.25) is 0 Å². The van der Waals surface area contributed by atoms with Crippen LogP contribution in [0.2, 0.25) is 0 Å². The van der Waals surface area contributed by atoms with Crippen LogP contribution in [0.15, 0.2) is 24.5 Å². The summed E-state index contributed by atoms with van der Waals surface area (Å²) in [5.41, 5.74) is 1.54. The number of hydrogen-bond acceptors (Lipinski definition) is 4. The first-order valence-electron chi connectivity index (χ1n) is 7.17. The van der Waals surface area contributed by atoms with E-state index < -0.39 is 12.8 Å². The van der Waals surface area contributed by atoms with Crippen molar-refractivity contribution in [1.29, 1.82) is 0 Å². The molecule has 0 saturated heterocycles. The van der Waals surface area contributed by atoms with Crippen LogP contribution in [0.1, 0.15) is 31.0 Å². The van der Waals surface area contributed by atoms with Gasteiger partial charge in [0.25, 0.3) is 0 Å². The highest BCUT2D eigenvalue weighted by Gasteiger charge is 2.29. The van der Waals surface area contributed by atoms with Crippen LogP contribution in [0.25, 0.3) is 0 Å². The zero-order valence-corrected chi connectivity index (χ0v) is 12.9. The molecule has 1 atom stereocenters. The molecule has 1 aromatic heterocycles. The molecule has 4 nitrogen and oxygen atoms in total. The molecule has 1 aliphatic rings. The molecule has 0 saturated carbocycles. The maximum Gasteiger partial charge on any atom is 0.422 e. The van der Waals surface area contributed by atoms with Gasteiger partial charge in [0.1, 0.15) is 0 Å². The summed E-state index contributed by atoms with van der Waals surface area (Å²) in [6.07, 6.45) is 1.32. The second-order valence-electron chi connectivity index (χ2n) is 5.23. The molecule has 2 heterocycles. The second-order valence-corrected chi connectivity index (χ2v) is 5.23.